The van der Waals surface area contributed by atoms with Gasteiger partial charge in [0.05, 0.1) is 19.3 Å². The summed E-state index contributed by atoms with van der Waals surface area (Å²) in [6.45, 7) is 8.09. The first-order valence-corrected chi connectivity index (χ1v) is 6.24. The van der Waals surface area contributed by atoms with Gasteiger partial charge in [0.1, 0.15) is 0 Å². The lowest BCUT2D eigenvalue weighted by atomic mass is 10.2. The fourth-order valence-corrected chi connectivity index (χ4v) is 2.21. The topological polar surface area (TPSA) is 42.3 Å². The Morgan fingerprint density at radius 2 is 2.39 bits per heavy atom. The predicted molar refractivity (Wildman–Crippen MR) is 74.1 cm³/mol. The van der Waals surface area contributed by atoms with Crippen molar-refractivity contribution in [2.75, 3.05) is 33.4 Å². The Bertz CT molecular complexity index is 345. The zero-order valence-electron chi connectivity index (χ0n) is 11.1. The average molecular weight is 275 g/mol. The van der Waals surface area contributed by atoms with Gasteiger partial charge in [0, 0.05) is 51.1 Å². The van der Waals surface area contributed by atoms with E-state index in [4.69, 9.17) is 4.74 Å². The summed E-state index contributed by atoms with van der Waals surface area (Å²) < 4.78 is 6.99. The Morgan fingerprint density at radius 3 is 3.11 bits per heavy atom. The van der Waals surface area contributed by atoms with Crippen molar-refractivity contribution in [3.8, 4) is 0 Å². The first kappa shape index (κ1) is 15.4. The van der Waals surface area contributed by atoms with Gasteiger partial charge in [-0.2, -0.15) is 5.10 Å². The van der Waals surface area contributed by atoms with Crippen LogP contribution in [0.15, 0.2) is 12.4 Å². The highest BCUT2D eigenvalue weighted by Crippen LogP contribution is 2.06. The maximum Gasteiger partial charge on any atom is 0.0658 e. The summed E-state index contributed by atoms with van der Waals surface area (Å²) in [6, 6.07) is 0.590. The van der Waals surface area contributed by atoms with E-state index in [2.05, 4.69) is 28.4 Å². The summed E-state index contributed by atoms with van der Waals surface area (Å²) in [5.74, 6) is 0. The van der Waals surface area contributed by atoms with Crippen molar-refractivity contribution in [1.82, 2.24) is 20.0 Å². The molecule has 1 fully saturated rings. The third-order valence-electron chi connectivity index (χ3n) is 3.07. The summed E-state index contributed by atoms with van der Waals surface area (Å²) in [7, 11) is 1.71. The van der Waals surface area contributed by atoms with Crippen LogP contribution in [0.5, 0.6) is 0 Å². The van der Waals surface area contributed by atoms with E-state index in [1.54, 1.807) is 7.11 Å². The van der Waals surface area contributed by atoms with Crippen LogP contribution in [-0.4, -0.2) is 54.1 Å². The Kier molecular flexibility index (Phi) is 6.63. The van der Waals surface area contributed by atoms with Crippen molar-refractivity contribution in [3.05, 3.63) is 18.0 Å². The van der Waals surface area contributed by atoms with Gasteiger partial charge in [-0.1, -0.05) is 0 Å². The highest BCUT2D eigenvalue weighted by Gasteiger charge is 2.15. The van der Waals surface area contributed by atoms with Crippen LogP contribution in [0.1, 0.15) is 12.5 Å². The van der Waals surface area contributed by atoms with Gasteiger partial charge >= 0.3 is 0 Å². The highest BCUT2D eigenvalue weighted by molar-refractivity contribution is 5.85. The number of nitrogens with one attached hydrogen (secondary N) is 1. The molecule has 0 bridgehead atoms. The summed E-state index contributed by atoms with van der Waals surface area (Å²) in [5.41, 5.74) is 1.29. The number of hydrogen-bond donors (Lipinski definition) is 1. The average Bonchev–Trinajstić information content (AvgIpc) is 2.74. The Morgan fingerprint density at radius 1 is 1.56 bits per heavy atom. The van der Waals surface area contributed by atoms with Crippen LogP contribution in [0, 0.1) is 0 Å². The molecule has 1 unspecified atom stereocenters. The van der Waals surface area contributed by atoms with E-state index in [1.807, 2.05) is 10.9 Å². The first-order valence-electron chi connectivity index (χ1n) is 6.24. The van der Waals surface area contributed by atoms with Gasteiger partial charge in [-0.3, -0.25) is 9.58 Å². The van der Waals surface area contributed by atoms with Gasteiger partial charge in [-0.15, -0.1) is 12.4 Å². The highest BCUT2D eigenvalue weighted by atomic mass is 35.5. The first-order chi connectivity index (χ1) is 8.28. The Balaban J connectivity index is 0.00000162. The number of nitrogens with zero attached hydrogens (tertiary/aromatic N) is 3. The number of rotatable bonds is 5. The van der Waals surface area contributed by atoms with Crippen LogP contribution in [0.2, 0.25) is 0 Å². The summed E-state index contributed by atoms with van der Waals surface area (Å²) in [5, 5.41) is 7.78. The molecule has 0 amide bonds. The molecule has 0 aliphatic carbocycles. The van der Waals surface area contributed by atoms with Gasteiger partial charge in [0.25, 0.3) is 0 Å². The van der Waals surface area contributed by atoms with Crippen molar-refractivity contribution in [3.63, 3.8) is 0 Å². The molecular formula is C12H23ClN4O. The number of piperazine rings is 1. The molecule has 2 heterocycles. The SMILES string of the molecule is COCCn1cc(CN2CCNC(C)C2)cn1.Cl. The summed E-state index contributed by atoms with van der Waals surface area (Å²) in [6.07, 6.45) is 4.08. The van der Waals surface area contributed by atoms with Crippen LogP contribution in [0.3, 0.4) is 0 Å². The number of methoxy groups -OCH3 is 1. The minimum absolute atomic E-state index is 0. The van der Waals surface area contributed by atoms with Crippen molar-refractivity contribution in [1.29, 1.82) is 0 Å². The molecule has 5 nitrogen and oxygen atoms in total. The van der Waals surface area contributed by atoms with Crippen LogP contribution in [0.25, 0.3) is 0 Å². The van der Waals surface area contributed by atoms with Gasteiger partial charge in [0.2, 0.25) is 0 Å². The van der Waals surface area contributed by atoms with E-state index in [1.165, 1.54) is 5.56 Å². The fourth-order valence-electron chi connectivity index (χ4n) is 2.21. The molecule has 2 rings (SSSR count). The molecule has 0 spiro atoms. The second kappa shape index (κ2) is 7.74. The van der Waals surface area contributed by atoms with Gasteiger partial charge in [-0.05, 0) is 6.92 Å². The fraction of sp³-hybridized carbons (Fsp3) is 0.750. The third-order valence-corrected chi connectivity index (χ3v) is 3.07. The standard InChI is InChI=1S/C12H22N4O.ClH/c1-11-8-15(4-3-13-11)9-12-7-14-16(10-12)5-6-17-2;/h7,10-11,13H,3-6,8-9H2,1-2H3;1H. The maximum absolute atomic E-state index is 5.04. The quantitative estimate of drug-likeness (QED) is 0.860. The summed E-state index contributed by atoms with van der Waals surface area (Å²) in [4.78, 5) is 2.47. The van der Waals surface area contributed by atoms with Crippen LogP contribution in [-0.2, 0) is 17.8 Å². The normalized spacial score (nSPS) is 20.7. The molecule has 1 atom stereocenters. The van der Waals surface area contributed by atoms with Crippen LogP contribution >= 0.6 is 12.4 Å². The monoisotopic (exact) mass is 274 g/mol. The van der Waals surface area contributed by atoms with Gasteiger partial charge in [-0.25, -0.2) is 0 Å². The van der Waals surface area contributed by atoms with Crippen LogP contribution < -0.4 is 5.32 Å². The van der Waals surface area contributed by atoms with Gasteiger partial charge < -0.3 is 10.1 Å². The molecule has 0 aromatic carbocycles. The minimum Gasteiger partial charge on any atom is -0.383 e. The molecule has 18 heavy (non-hydrogen) atoms. The lowest BCUT2D eigenvalue weighted by molar-refractivity contribution is 0.183. The second-order valence-electron chi connectivity index (χ2n) is 4.69. The van der Waals surface area contributed by atoms with Crippen molar-refractivity contribution < 1.29 is 4.74 Å². The maximum atomic E-state index is 5.04. The van der Waals surface area contributed by atoms with Gasteiger partial charge in [0.15, 0.2) is 0 Å². The van der Waals surface area contributed by atoms with E-state index in [0.717, 1.165) is 32.7 Å². The molecule has 1 saturated heterocycles. The molecule has 0 radical (unpaired) electrons. The molecule has 104 valence electrons. The smallest absolute Gasteiger partial charge is 0.0658 e. The predicted octanol–water partition coefficient (Wildman–Crippen LogP) is 0.745. The number of ether oxygens (including phenoxy) is 1. The largest absolute Gasteiger partial charge is 0.383 e. The van der Waals surface area contributed by atoms with Crippen molar-refractivity contribution in [2.24, 2.45) is 0 Å². The molecule has 1 aromatic rings. The summed E-state index contributed by atoms with van der Waals surface area (Å²) >= 11 is 0. The Labute approximate surface area is 115 Å². The lowest BCUT2D eigenvalue weighted by Gasteiger charge is -2.31. The number of halogens is 1. The Hall–Kier alpha value is -0.620. The van der Waals surface area contributed by atoms with E-state index in [-0.39, 0.29) is 12.4 Å². The van der Waals surface area contributed by atoms with E-state index >= 15 is 0 Å². The van der Waals surface area contributed by atoms with Crippen LogP contribution in [0.4, 0.5) is 0 Å². The van der Waals surface area contributed by atoms with Crippen molar-refractivity contribution in [2.45, 2.75) is 26.1 Å². The molecule has 1 aliphatic heterocycles. The molecule has 6 heteroatoms. The number of aromatic nitrogens is 2. The molecule has 1 aromatic heterocycles. The van der Waals surface area contributed by atoms with E-state index in [9.17, 15) is 0 Å². The molecule has 1 aliphatic rings. The number of hydrogen-bond acceptors (Lipinski definition) is 4. The van der Waals surface area contributed by atoms with E-state index < -0.39 is 0 Å². The zero-order valence-corrected chi connectivity index (χ0v) is 11.9. The third kappa shape index (κ3) is 4.57. The minimum atomic E-state index is 0. The zero-order chi connectivity index (χ0) is 12.1. The van der Waals surface area contributed by atoms with E-state index in [0.29, 0.717) is 12.6 Å². The molecule has 0 saturated carbocycles. The second-order valence-corrected chi connectivity index (χ2v) is 4.69. The lowest BCUT2D eigenvalue weighted by Crippen LogP contribution is -2.48. The van der Waals surface area contributed by atoms with Crippen molar-refractivity contribution >= 4 is 12.4 Å². The molecular weight excluding hydrogens is 252 g/mol. The molecule has 1 N–H and O–H groups in total.